The largest absolute Gasteiger partial charge is 0.495 e. The Hall–Kier alpha value is -2.99. The number of methoxy groups -OCH3 is 1. The van der Waals surface area contributed by atoms with Crippen LogP contribution in [0.4, 0.5) is 16.2 Å². The van der Waals surface area contributed by atoms with E-state index in [1.165, 1.54) is 11.7 Å². The molecule has 0 aliphatic heterocycles. The first kappa shape index (κ1) is 17.8. The minimum absolute atomic E-state index is 0.124. The number of halogens is 1. The summed E-state index contributed by atoms with van der Waals surface area (Å²) in [5.74, 6) is 0.459. The third-order valence-corrected chi connectivity index (χ3v) is 4.48. The molecule has 2 N–H and O–H groups in total. The summed E-state index contributed by atoms with van der Waals surface area (Å²) in [4.78, 5) is 24.7. The summed E-state index contributed by atoms with van der Waals surface area (Å²) < 4.78 is 6.70. The van der Waals surface area contributed by atoms with Gasteiger partial charge in [-0.15, -0.1) is 0 Å². The number of hydrogen-bond acceptors (Lipinski definition) is 3. The number of carbonyl (C=O) groups excluding carboxylic acids is 1. The van der Waals surface area contributed by atoms with Crippen LogP contribution < -0.4 is 20.9 Å². The zero-order chi connectivity index (χ0) is 18.8. The molecule has 0 atom stereocenters. The Labute approximate surface area is 155 Å². The van der Waals surface area contributed by atoms with E-state index in [0.717, 1.165) is 5.56 Å². The van der Waals surface area contributed by atoms with Crippen molar-refractivity contribution in [3.63, 3.8) is 0 Å². The molecule has 1 aromatic heterocycles. The Morgan fingerprint density at radius 1 is 1.12 bits per heavy atom. The maximum atomic E-state index is 12.5. The smallest absolute Gasteiger partial charge is 0.323 e. The molecule has 6 nitrogen and oxygen atoms in total. The predicted octanol–water partition coefficient (Wildman–Crippen LogP) is 4.15. The molecule has 7 heteroatoms. The molecule has 3 aromatic rings. The molecule has 0 aliphatic carbocycles. The van der Waals surface area contributed by atoms with Crippen LogP contribution in [0.25, 0.3) is 10.8 Å². The van der Waals surface area contributed by atoms with Crippen LogP contribution in [-0.2, 0) is 7.05 Å². The molecule has 2 aromatic carbocycles. The van der Waals surface area contributed by atoms with Crippen molar-refractivity contribution < 1.29 is 9.53 Å². The standard InChI is InChI=1S/C19H18ClN3O3/c1-11-8-15(17(26-3)9-14(11)20)21-19(25)22-16-10-23(2)18(24)13-7-5-4-6-12(13)16/h4-10H,1-3H3,(H2,21,22,25). The third-order valence-electron chi connectivity index (χ3n) is 4.07. The van der Waals surface area contributed by atoms with Gasteiger partial charge >= 0.3 is 6.03 Å². The van der Waals surface area contributed by atoms with E-state index in [0.29, 0.717) is 32.9 Å². The first-order chi connectivity index (χ1) is 12.4. The highest BCUT2D eigenvalue weighted by Crippen LogP contribution is 2.31. The number of amides is 2. The summed E-state index contributed by atoms with van der Waals surface area (Å²) in [6.45, 7) is 1.84. The van der Waals surface area contributed by atoms with Crippen LogP contribution in [0.1, 0.15) is 5.56 Å². The van der Waals surface area contributed by atoms with Gasteiger partial charge in [0.15, 0.2) is 0 Å². The van der Waals surface area contributed by atoms with Crippen molar-refractivity contribution in [1.29, 1.82) is 0 Å². The Balaban J connectivity index is 1.93. The van der Waals surface area contributed by atoms with Gasteiger partial charge < -0.3 is 19.9 Å². The van der Waals surface area contributed by atoms with E-state index in [2.05, 4.69) is 10.6 Å². The molecular formula is C19H18ClN3O3. The highest BCUT2D eigenvalue weighted by molar-refractivity contribution is 6.31. The fourth-order valence-electron chi connectivity index (χ4n) is 2.72. The number of pyridine rings is 1. The lowest BCUT2D eigenvalue weighted by Crippen LogP contribution is -2.23. The Kier molecular flexibility index (Phi) is 4.86. The van der Waals surface area contributed by atoms with Gasteiger partial charge in [0.05, 0.1) is 18.5 Å². The van der Waals surface area contributed by atoms with Crippen molar-refractivity contribution in [2.75, 3.05) is 17.7 Å². The van der Waals surface area contributed by atoms with Gasteiger partial charge in [-0.05, 0) is 24.6 Å². The first-order valence-corrected chi connectivity index (χ1v) is 8.29. The first-order valence-electron chi connectivity index (χ1n) is 7.91. The van der Waals surface area contributed by atoms with E-state index in [9.17, 15) is 9.59 Å². The highest BCUT2D eigenvalue weighted by atomic mass is 35.5. The predicted molar refractivity (Wildman–Crippen MR) is 105 cm³/mol. The minimum Gasteiger partial charge on any atom is -0.495 e. The molecule has 0 spiro atoms. The summed E-state index contributed by atoms with van der Waals surface area (Å²) >= 11 is 6.09. The zero-order valence-electron chi connectivity index (χ0n) is 14.6. The zero-order valence-corrected chi connectivity index (χ0v) is 15.3. The van der Waals surface area contributed by atoms with Crippen molar-refractivity contribution in [2.45, 2.75) is 6.92 Å². The lowest BCUT2D eigenvalue weighted by Gasteiger charge is -2.14. The average Bonchev–Trinajstić information content (AvgIpc) is 2.62. The van der Waals surface area contributed by atoms with Gasteiger partial charge in [0, 0.05) is 35.1 Å². The fraction of sp³-hybridized carbons (Fsp3) is 0.158. The van der Waals surface area contributed by atoms with Crippen molar-refractivity contribution >= 4 is 39.8 Å². The van der Waals surface area contributed by atoms with Gasteiger partial charge in [0.25, 0.3) is 5.56 Å². The molecule has 1 heterocycles. The quantitative estimate of drug-likeness (QED) is 0.726. The molecular weight excluding hydrogens is 354 g/mol. The topological polar surface area (TPSA) is 72.4 Å². The summed E-state index contributed by atoms with van der Waals surface area (Å²) in [5, 5.41) is 7.30. The average molecular weight is 372 g/mol. The summed E-state index contributed by atoms with van der Waals surface area (Å²) in [5.41, 5.74) is 1.72. The summed E-state index contributed by atoms with van der Waals surface area (Å²) in [7, 11) is 3.15. The lowest BCUT2D eigenvalue weighted by molar-refractivity contribution is 0.262. The molecule has 0 saturated heterocycles. The number of anilines is 2. The molecule has 26 heavy (non-hydrogen) atoms. The van der Waals surface area contributed by atoms with E-state index in [1.807, 2.05) is 13.0 Å². The van der Waals surface area contributed by atoms with Gasteiger partial charge in [-0.1, -0.05) is 29.8 Å². The number of benzene rings is 2. The fourth-order valence-corrected chi connectivity index (χ4v) is 2.88. The second-order valence-corrected chi connectivity index (χ2v) is 6.29. The van der Waals surface area contributed by atoms with Gasteiger partial charge in [0.1, 0.15) is 5.75 Å². The molecule has 0 fully saturated rings. The van der Waals surface area contributed by atoms with E-state index in [4.69, 9.17) is 16.3 Å². The third kappa shape index (κ3) is 3.36. The van der Waals surface area contributed by atoms with Crippen molar-refractivity contribution in [1.82, 2.24) is 4.57 Å². The second-order valence-electron chi connectivity index (χ2n) is 5.89. The van der Waals surface area contributed by atoms with Crippen LogP contribution in [0, 0.1) is 6.92 Å². The van der Waals surface area contributed by atoms with E-state index < -0.39 is 6.03 Å². The SMILES string of the molecule is COc1cc(Cl)c(C)cc1NC(=O)Nc1cn(C)c(=O)c2ccccc12. The number of fused-ring (bicyclic) bond motifs is 1. The highest BCUT2D eigenvalue weighted by Gasteiger charge is 2.13. The van der Waals surface area contributed by atoms with Crippen molar-refractivity contribution in [2.24, 2.45) is 7.05 Å². The Morgan fingerprint density at radius 2 is 1.77 bits per heavy atom. The van der Waals surface area contributed by atoms with E-state index in [1.54, 1.807) is 43.6 Å². The Bertz CT molecular complexity index is 1060. The maximum absolute atomic E-state index is 12.5. The molecule has 0 aliphatic rings. The van der Waals surface area contributed by atoms with Crippen LogP contribution in [0.2, 0.25) is 5.02 Å². The van der Waals surface area contributed by atoms with Gasteiger partial charge in [-0.2, -0.15) is 0 Å². The molecule has 3 rings (SSSR count). The lowest BCUT2D eigenvalue weighted by atomic mass is 10.1. The van der Waals surface area contributed by atoms with Crippen LogP contribution in [0.5, 0.6) is 5.75 Å². The molecule has 0 unspecified atom stereocenters. The number of hydrogen-bond donors (Lipinski definition) is 2. The van der Waals surface area contributed by atoms with E-state index >= 15 is 0 Å². The van der Waals surface area contributed by atoms with Crippen LogP contribution in [0.3, 0.4) is 0 Å². The number of urea groups is 1. The number of ether oxygens (including phenoxy) is 1. The maximum Gasteiger partial charge on any atom is 0.323 e. The van der Waals surface area contributed by atoms with Gasteiger partial charge in [-0.3, -0.25) is 4.79 Å². The number of aryl methyl sites for hydroxylation is 2. The van der Waals surface area contributed by atoms with Crippen molar-refractivity contribution in [3.05, 3.63) is 63.5 Å². The number of nitrogens with one attached hydrogen (secondary N) is 2. The van der Waals surface area contributed by atoms with Crippen LogP contribution in [-0.4, -0.2) is 17.7 Å². The van der Waals surface area contributed by atoms with Crippen LogP contribution in [0.15, 0.2) is 47.4 Å². The van der Waals surface area contributed by atoms with Crippen molar-refractivity contribution in [3.8, 4) is 5.75 Å². The normalized spacial score (nSPS) is 10.6. The summed E-state index contributed by atoms with van der Waals surface area (Å²) in [6.07, 6.45) is 1.59. The number of carbonyl (C=O) groups is 1. The van der Waals surface area contributed by atoms with Crippen LogP contribution >= 0.6 is 11.6 Å². The van der Waals surface area contributed by atoms with Gasteiger partial charge in [-0.25, -0.2) is 4.79 Å². The molecule has 134 valence electrons. The number of nitrogens with zero attached hydrogens (tertiary/aromatic N) is 1. The second kappa shape index (κ2) is 7.09. The minimum atomic E-state index is -0.450. The summed E-state index contributed by atoms with van der Waals surface area (Å²) in [6, 6.07) is 10.1. The molecule has 0 saturated carbocycles. The monoisotopic (exact) mass is 371 g/mol. The number of rotatable bonds is 3. The van der Waals surface area contributed by atoms with E-state index in [-0.39, 0.29) is 5.56 Å². The molecule has 0 bridgehead atoms. The number of aromatic nitrogens is 1. The molecule has 0 radical (unpaired) electrons. The molecule has 2 amide bonds. The Morgan fingerprint density at radius 3 is 2.46 bits per heavy atom. The van der Waals surface area contributed by atoms with Gasteiger partial charge in [0.2, 0.25) is 0 Å².